The number of benzene rings is 1. The summed E-state index contributed by atoms with van der Waals surface area (Å²) in [5, 5.41) is 3.28. The Hall–Kier alpha value is -1.26. The second kappa shape index (κ2) is 5.18. The predicted octanol–water partition coefficient (Wildman–Crippen LogP) is 3.42. The minimum absolute atomic E-state index is 0.575. The standard InChI is InChI=1S/C11H11ClN2OS/c1-15-9-4-2-8(3-5-9)13-6-10-7-14-11(12)16-10/h2-5,7,13H,6H2,1H3. The Morgan fingerprint density at radius 3 is 2.69 bits per heavy atom. The molecule has 3 nitrogen and oxygen atoms in total. The number of anilines is 1. The molecule has 1 N–H and O–H groups in total. The predicted molar refractivity (Wildman–Crippen MR) is 67.4 cm³/mol. The zero-order valence-electron chi connectivity index (χ0n) is 8.74. The Morgan fingerprint density at radius 1 is 1.38 bits per heavy atom. The molecule has 0 aliphatic rings. The van der Waals surface area contributed by atoms with E-state index in [-0.39, 0.29) is 0 Å². The first-order valence-electron chi connectivity index (χ1n) is 4.76. The first-order chi connectivity index (χ1) is 7.78. The molecule has 0 fully saturated rings. The molecule has 0 bridgehead atoms. The summed E-state index contributed by atoms with van der Waals surface area (Å²) < 4.78 is 5.66. The molecule has 0 aliphatic carbocycles. The van der Waals surface area contributed by atoms with Gasteiger partial charge in [-0.15, -0.1) is 11.3 Å². The number of halogens is 1. The third-order valence-corrected chi connectivity index (χ3v) is 3.20. The molecule has 84 valence electrons. The van der Waals surface area contributed by atoms with Gasteiger partial charge in [-0.3, -0.25) is 0 Å². The van der Waals surface area contributed by atoms with Crippen LogP contribution in [0.25, 0.3) is 0 Å². The molecule has 0 saturated carbocycles. The van der Waals surface area contributed by atoms with Crippen LogP contribution in [0.5, 0.6) is 5.75 Å². The summed E-state index contributed by atoms with van der Waals surface area (Å²) in [5.41, 5.74) is 1.05. The quantitative estimate of drug-likeness (QED) is 0.908. The number of ether oxygens (including phenoxy) is 1. The Labute approximate surface area is 103 Å². The minimum atomic E-state index is 0.575. The summed E-state index contributed by atoms with van der Waals surface area (Å²) in [7, 11) is 1.65. The van der Waals surface area contributed by atoms with E-state index in [1.54, 1.807) is 13.3 Å². The monoisotopic (exact) mass is 254 g/mol. The summed E-state index contributed by atoms with van der Waals surface area (Å²) in [6, 6.07) is 7.78. The first-order valence-corrected chi connectivity index (χ1v) is 5.95. The summed E-state index contributed by atoms with van der Waals surface area (Å²) in [6.45, 7) is 0.733. The highest BCUT2D eigenvalue weighted by atomic mass is 35.5. The van der Waals surface area contributed by atoms with Crippen molar-refractivity contribution in [1.82, 2.24) is 4.98 Å². The maximum atomic E-state index is 5.74. The fourth-order valence-electron chi connectivity index (χ4n) is 1.26. The van der Waals surface area contributed by atoms with Gasteiger partial charge < -0.3 is 10.1 Å². The van der Waals surface area contributed by atoms with E-state index in [0.717, 1.165) is 22.9 Å². The zero-order valence-corrected chi connectivity index (χ0v) is 10.3. The number of rotatable bonds is 4. The van der Waals surface area contributed by atoms with E-state index in [1.165, 1.54) is 11.3 Å². The van der Waals surface area contributed by atoms with E-state index in [4.69, 9.17) is 16.3 Å². The number of hydrogen-bond acceptors (Lipinski definition) is 4. The molecule has 2 aromatic rings. The van der Waals surface area contributed by atoms with Crippen molar-refractivity contribution in [3.05, 3.63) is 39.8 Å². The van der Waals surface area contributed by atoms with Gasteiger partial charge in [0.2, 0.25) is 0 Å². The van der Waals surface area contributed by atoms with Gasteiger partial charge >= 0.3 is 0 Å². The van der Waals surface area contributed by atoms with Gasteiger partial charge in [-0.25, -0.2) is 4.98 Å². The molecule has 16 heavy (non-hydrogen) atoms. The van der Waals surface area contributed by atoms with E-state index in [9.17, 15) is 0 Å². The Bertz CT molecular complexity index is 455. The van der Waals surface area contributed by atoms with Crippen molar-refractivity contribution in [3.63, 3.8) is 0 Å². The molecule has 0 radical (unpaired) electrons. The molecule has 1 aromatic carbocycles. The zero-order chi connectivity index (χ0) is 11.4. The molecule has 2 rings (SSSR count). The van der Waals surface area contributed by atoms with Crippen LogP contribution in [0.3, 0.4) is 0 Å². The first kappa shape index (κ1) is 11.2. The Kier molecular flexibility index (Phi) is 3.64. The molecule has 0 atom stereocenters. The number of aromatic nitrogens is 1. The SMILES string of the molecule is COc1ccc(NCc2cnc(Cl)s2)cc1. The molecule has 1 heterocycles. The van der Waals surface area contributed by atoms with Crippen molar-refractivity contribution < 1.29 is 4.74 Å². The van der Waals surface area contributed by atoms with Gasteiger partial charge in [0.05, 0.1) is 13.7 Å². The van der Waals surface area contributed by atoms with Crippen molar-refractivity contribution in [2.24, 2.45) is 0 Å². The van der Waals surface area contributed by atoms with Crippen LogP contribution >= 0.6 is 22.9 Å². The molecule has 0 amide bonds. The van der Waals surface area contributed by atoms with Crippen LogP contribution in [0.15, 0.2) is 30.5 Å². The second-order valence-corrected chi connectivity index (χ2v) is 4.86. The molecular formula is C11H11ClN2OS. The highest BCUT2D eigenvalue weighted by Crippen LogP contribution is 2.20. The summed E-state index contributed by atoms with van der Waals surface area (Å²) in [6.07, 6.45) is 1.78. The molecule has 1 aromatic heterocycles. The van der Waals surface area contributed by atoms with Gasteiger partial charge in [0, 0.05) is 16.8 Å². The van der Waals surface area contributed by atoms with Gasteiger partial charge in [-0.05, 0) is 24.3 Å². The Morgan fingerprint density at radius 2 is 2.12 bits per heavy atom. The second-order valence-electron chi connectivity index (χ2n) is 3.16. The van der Waals surface area contributed by atoms with Gasteiger partial charge in [0.25, 0.3) is 0 Å². The number of nitrogens with one attached hydrogen (secondary N) is 1. The average molecular weight is 255 g/mol. The maximum Gasteiger partial charge on any atom is 0.183 e. The van der Waals surface area contributed by atoms with Crippen molar-refractivity contribution >= 4 is 28.6 Å². The van der Waals surface area contributed by atoms with E-state index in [1.807, 2.05) is 24.3 Å². The lowest BCUT2D eigenvalue weighted by molar-refractivity contribution is 0.415. The Balaban J connectivity index is 1.94. The van der Waals surface area contributed by atoms with Gasteiger partial charge in [-0.1, -0.05) is 11.6 Å². The minimum Gasteiger partial charge on any atom is -0.497 e. The number of methoxy groups -OCH3 is 1. The molecule has 0 saturated heterocycles. The average Bonchev–Trinajstić information content (AvgIpc) is 2.73. The lowest BCUT2D eigenvalue weighted by atomic mass is 10.3. The van der Waals surface area contributed by atoms with Crippen molar-refractivity contribution in [1.29, 1.82) is 0 Å². The lowest BCUT2D eigenvalue weighted by Gasteiger charge is -2.05. The van der Waals surface area contributed by atoms with Crippen LogP contribution in [-0.2, 0) is 6.54 Å². The van der Waals surface area contributed by atoms with Crippen LogP contribution < -0.4 is 10.1 Å². The number of thiazole rings is 1. The van der Waals surface area contributed by atoms with Crippen molar-refractivity contribution in [3.8, 4) is 5.75 Å². The van der Waals surface area contributed by atoms with Gasteiger partial charge in [0.15, 0.2) is 4.47 Å². The highest BCUT2D eigenvalue weighted by Gasteiger charge is 1.99. The van der Waals surface area contributed by atoms with Crippen LogP contribution in [0.2, 0.25) is 4.47 Å². The van der Waals surface area contributed by atoms with Crippen LogP contribution in [-0.4, -0.2) is 12.1 Å². The smallest absolute Gasteiger partial charge is 0.183 e. The van der Waals surface area contributed by atoms with Crippen LogP contribution in [0, 0.1) is 0 Å². The van der Waals surface area contributed by atoms with E-state index < -0.39 is 0 Å². The summed E-state index contributed by atoms with van der Waals surface area (Å²) >= 11 is 7.23. The number of nitrogens with zero attached hydrogens (tertiary/aromatic N) is 1. The topological polar surface area (TPSA) is 34.1 Å². The van der Waals surface area contributed by atoms with E-state index >= 15 is 0 Å². The van der Waals surface area contributed by atoms with Gasteiger partial charge in [0.1, 0.15) is 5.75 Å². The van der Waals surface area contributed by atoms with Crippen molar-refractivity contribution in [2.45, 2.75) is 6.54 Å². The molecular weight excluding hydrogens is 244 g/mol. The fourth-order valence-corrected chi connectivity index (χ4v) is 2.18. The molecule has 0 aliphatic heterocycles. The lowest BCUT2D eigenvalue weighted by Crippen LogP contribution is -1.96. The van der Waals surface area contributed by atoms with E-state index in [2.05, 4.69) is 10.3 Å². The third kappa shape index (κ3) is 2.87. The summed E-state index contributed by atoms with van der Waals surface area (Å²) in [4.78, 5) is 5.09. The van der Waals surface area contributed by atoms with Crippen LogP contribution in [0.4, 0.5) is 5.69 Å². The highest BCUT2D eigenvalue weighted by molar-refractivity contribution is 7.15. The molecule has 0 unspecified atom stereocenters. The molecule has 5 heteroatoms. The summed E-state index contributed by atoms with van der Waals surface area (Å²) in [5.74, 6) is 0.853. The number of hydrogen-bond donors (Lipinski definition) is 1. The van der Waals surface area contributed by atoms with E-state index in [0.29, 0.717) is 4.47 Å². The molecule has 0 spiro atoms. The largest absolute Gasteiger partial charge is 0.497 e. The normalized spacial score (nSPS) is 10.1. The third-order valence-electron chi connectivity index (χ3n) is 2.08. The van der Waals surface area contributed by atoms with Crippen LogP contribution in [0.1, 0.15) is 4.88 Å². The van der Waals surface area contributed by atoms with Gasteiger partial charge in [-0.2, -0.15) is 0 Å². The maximum absolute atomic E-state index is 5.74. The van der Waals surface area contributed by atoms with Crippen molar-refractivity contribution in [2.75, 3.05) is 12.4 Å². The fraction of sp³-hybridized carbons (Fsp3) is 0.182.